The molecule has 0 bridgehead atoms. The van der Waals surface area contributed by atoms with Gasteiger partial charge in [-0.15, -0.1) is 0 Å². The van der Waals surface area contributed by atoms with Gasteiger partial charge in [-0.2, -0.15) is 0 Å². The lowest BCUT2D eigenvalue weighted by molar-refractivity contribution is -0.145. The van der Waals surface area contributed by atoms with Crippen molar-refractivity contribution in [2.45, 2.75) is 38.3 Å². The van der Waals surface area contributed by atoms with Crippen molar-refractivity contribution in [1.29, 1.82) is 0 Å². The smallest absolute Gasteiger partial charge is 0.322 e. The van der Waals surface area contributed by atoms with Crippen LogP contribution in [0.2, 0.25) is 0 Å². The lowest BCUT2D eigenvalue weighted by Crippen LogP contribution is -2.33. The second kappa shape index (κ2) is 7.60. The molecule has 1 fully saturated rings. The van der Waals surface area contributed by atoms with Gasteiger partial charge in [-0.3, -0.25) is 4.79 Å². The first-order valence-corrected chi connectivity index (χ1v) is 5.85. The molecule has 2 atom stereocenters. The third kappa shape index (κ3) is 4.92. The monoisotopic (exact) mass is 231 g/mol. The zero-order valence-electron chi connectivity index (χ0n) is 9.81. The number of esters is 1. The average Bonchev–Trinajstić information content (AvgIpc) is 2.77. The molecule has 0 aromatic carbocycles. The van der Waals surface area contributed by atoms with Gasteiger partial charge in [0.2, 0.25) is 0 Å². The Kier molecular flexibility index (Phi) is 6.37. The SMILES string of the molecule is CCOC(=O)C(N)CCOCC1CCCO1. The summed E-state index contributed by atoms with van der Waals surface area (Å²) in [6.45, 7) is 4.02. The highest BCUT2D eigenvalue weighted by molar-refractivity contribution is 5.75. The average molecular weight is 231 g/mol. The molecule has 0 amide bonds. The fraction of sp³-hybridized carbons (Fsp3) is 0.909. The Morgan fingerprint density at radius 1 is 1.62 bits per heavy atom. The van der Waals surface area contributed by atoms with Crippen LogP contribution in [0.1, 0.15) is 26.2 Å². The van der Waals surface area contributed by atoms with E-state index in [0.717, 1.165) is 19.4 Å². The summed E-state index contributed by atoms with van der Waals surface area (Å²) in [5, 5.41) is 0. The highest BCUT2D eigenvalue weighted by atomic mass is 16.5. The number of carbonyl (C=O) groups is 1. The first-order chi connectivity index (χ1) is 7.74. The van der Waals surface area contributed by atoms with E-state index in [-0.39, 0.29) is 12.1 Å². The second-order valence-electron chi connectivity index (χ2n) is 3.86. The molecule has 2 N–H and O–H groups in total. The van der Waals surface area contributed by atoms with Crippen LogP contribution in [0.5, 0.6) is 0 Å². The molecule has 0 aliphatic carbocycles. The van der Waals surface area contributed by atoms with E-state index in [2.05, 4.69) is 0 Å². The predicted octanol–water partition coefficient (Wildman–Crippen LogP) is 0.463. The highest BCUT2D eigenvalue weighted by Crippen LogP contribution is 2.11. The quantitative estimate of drug-likeness (QED) is 0.509. The Balaban J connectivity index is 1.99. The molecule has 0 spiro atoms. The molecule has 1 rings (SSSR count). The summed E-state index contributed by atoms with van der Waals surface area (Å²) in [7, 11) is 0. The summed E-state index contributed by atoms with van der Waals surface area (Å²) in [6.07, 6.45) is 2.88. The van der Waals surface area contributed by atoms with Gasteiger partial charge in [0.25, 0.3) is 0 Å². The van der Waals surface area contributed by atoms with Crippen molar-refractivity contribution in [1.82, 2.24) is 0 Å². The Morgan fingerprint density at radius 3 is 3.06 bits per heavy atom. The maximum absolute atomic E-state index is 11.2. The lowest BCUT2D eigenvalue weighted by Gasteiger charge is -2.12. The molecule has 1 saturated heterocycles. The molecule has 1 aliphatic rings. The summed E-state index contributed by atoms with van der Waals surface area (Å²) in [4.78, 5) is 11.2. The maximum atomic E-state index is 11.2. The van der Waals surface area contributed by atoms with Crippen molar-refractivity contribution in [3.63, 3.8) is 0 Å². The van der Waals surface area contributed by atoms with Gasteiger partial charge in [0.05, 0.1) is 19.3 Å². The third-order valence-corrected chi connectivity index (χ3v) is 2.49. The van der Waals surface area contributed by atoms with Crippen LogP contribution in [0.15, 0.2) is 0 Å². The van der Waals surface area contributed by atoms with Gasteiger partial charge in [-0.1, -0.05) is 0 Å². The number of ether oxygens (including phenoxy) is 3. The Bertz CT molecular complexity index is 204. The molecular formula is C11H21NO4. The van der Waals surface area contributed by atoms with Crippen LogP contribution in [0.25, 0.3) is 0 Å². The number of rotatable bonds is 7. The lowest BCUT2D eigenvalue weighted by atomic mass is 10.2. The van der Waals surface area contributed by atoms with E-state index in [0.29, 0.717) is 26.2 Å². The van der Waals surface area contributed by atoms with E-state index in [4.69, 9.17) is 19.9 Å². The van der Waals surface area contributed by atoms with Crippen LogP contribution in [0.4, 0.5) is 0 Å². The normalized spacial score (nSPS) is 22.0. The molecule has 1 heterocycles. The molecule has 5 heteroatoms. The van der Waals surface area contributed by atoms with E-state index in [1.807, 2.05) is 0 Å². The van der Waals surface area contributed by atoms with Crippen LogP contribution in [0.3, 0.4) is 0 Å². The van der Waals surface area contributed by atoms with E-state index in [1.165, 1.54) is 0 Å². The standard InChI is InChI=1S/C11H21NO4/c1-2-15-11(13)10(12)5-7-14-8-9-4-3-6-16-9/h9-10H,2-8,12H2,1H3. The van der Waals surface area contributed by atoms with Crippen molar-refractivity contribution in [2.75, 3.05) is 26.4 Å². The molecule has 2 unspecified atom stereocenters. The Hall–Kier alpha value is -0.650. The van der Waals surface area contributed by atoms with E-state index in [9.17, 15) is 4.79 Å². The summed E-state index contributed by atoms with van der Waals surface area (Å²) >= 11 is 0. The minimum atomic E-state index is -0.579. The van der Waals surface area contributed by atoms with Crippen LogP contribution in [0, 0.1) is 0 Å². The predicted molar refractivity (Wildman–Crippen MR) is 59.0 cm³/mol. The van der Waals surface area contributed by atoms with Gasteiger partial charge in [-0.05, 0) is 26.2 Å². The van der Waals surface area contributed by atoms with Crippen LogP contribution < -0.4 is 5.73 Å². The highest BCUT2D eigenvalue weighted by Gasteiger charge is 2.17. The van der Waals surface area contributed by atoms with Crippen molar-refractivity contribution < 1.29 is 19.0 Å². The van der Waals surface area contributed by atoms with Crippen molar-refractivity contribution in [3.05, 3.63) is 0 Å². The number of carbonyl (C=O) groups excluding carboxylic acids is 1. The van der Waals surface area contributed by atoms with Crippen LogP contribution in [-0.2, 0) is 19.0 Å². The molecule has 0 radical (unpaired) electrons. The minimum Gasteiger partial charge on any atom is -0.465 e. The topological polar surface area (TPSA) is 70.8 Å². The van der Waals surface area contributed by atoms with Crippen molar-refractivity contribution >= 4 is 5.97 Å². The Labute approximate surface area is 96.2 Å². The molecule has 94 valence electrons. The minimum absolute atomic E-state index is 0.221. The fourth-order valence-electron chi connectivity index (χ4n) is 1.57. The van der Waals surface area contributed by atoms with Crippen molar-refractivity contribution in [2.24, 2.45) is 5.73 Å². The van der Waals surface area contributed by atoms with Gasteiger partial charge < -0.3 is 19.9 Å². The maximum Gasteiger partial charge on any atom is 0.322 e. The van der Waals surface area contributed by atoms with Gasteiger partial charge in [0.1, 0.15) is 6.04 Å². The molecule has 5 nitrogen and oxygen atoms in total. The zero-order chi connectivity index (χ0) is 11.8. The summed E-state index contributed by atoms with van der Waals surface area (Å²) in [5.74, 6) is -0.358. The molecule has 16 heavy (non-hydrogen) atoms. The first-order valence-electron chi connectivity index (χ1n) is 5.85. The largest absolute Gasteiger partial charge is 0.465 e. The zero-order valence-corrected chi connectivity index (χ0v) is 9.81. The molecule has 0 aromatic heterocycles. The number of hydrogen-bond acceptors (Lipinski definition) is 5. The molecule has 0 aromatic rings. The van der Waals surface area contributed by atoms with Gasteiger partial charge in [0.15, 0.2) is 0 Å². The molecular weight excluding hydrogens is 210 g/mol. The number of nitrogens with two attached hydrogens (primary N) is 1. The van der Waals surface area contributed by atoms with Gasteiger partial charge >= 0.3 is 5.97 Å². The first kappa shape index (κ1) is 13.4. The van der Waals surface area contributed by atoms with Crippen LogP contribution in [-0.4, -0.2) is 44.5 Å². The fourth-order valence-corrected chi connectivity index (χ4v) is 1.57. The van der Waals surface area contributed by atoms with E-state index in [1.54, 1.807) is 6.92 Å². The summed E-state index contributed by atoms with van der Waals surface area (Å²) in [5.41, 5.74) is 5.61. The number of hydrogen-bond donors (Lipinski definition) is 1. The van der Waals surface area contributed by atoms with Gasteiger partial charge in [-0.25, -0.2) is 0 Å². The van der Waals surface area contributed by atoms with Gasteiger partial charge in [0, 0.05) is 13.2 Å². The third-order valence-electron chi connectivity index (χ3n) is 2.49. The molecule has 0 saturated carbocycles. The van der Waals surface area contributed by atoms with E-state index < -0.39 is 6.04 Å². The Morgan fingerprint density at radius 2 is 2.44 bits per heavy atom. The second-order valence-corrected chi connectivity index (χ2v) is 3.86. The molecule has 1 aliphatic heterocycles. The van der Waals surface area contributed by atoms with E-state index >= 15 is 0 Å². The summed E-state index contributed by atoms with van der Waals surface area (Å²) < 4.78 is 15.6. The van der Waals surface area contributed by atoms with Crippen LogP contribution >= 0.6 is 0 Å². The van der Waals surface area contributed by atoms with Crippen molar-refractivity contribution in [3.8, 4) is 0 Å². The summed E-state index contributed by atoms with van der Waals surface area (Å²) in [6, 6.07) is -0.579.